The van der Waals surface area contributed by atoms with Crippen LogP contribution in [0.3, 0.4) is 0 Å². The molecule has 0 aromatic heterocycles. The zero-order chi connectivity index (χ0) is 9.12. The molecule has 1 N–H and O–H groups in total. The van der Waals surface area contributed by atoms with Crippen LogP contribution in [-0.2, 0) is 10.0 Å². The van der Waals surface area contributed by atoms with E-state index in [1.165, 1.54) is 4.72 Å². The molecule has 0 rings (SSSR count). The standard InChI is InChI=1S/C3H5ClF3NO2S.Na.H/c4-1-2-8-11(9,10)3(5,6)7;;/h8H,1-2H2;;/q;+1;-1. The van der Waals surface area contributed by atoms with Gasteiger partial charge in [0.2, 0.25) is 0 Å². The van der Waals surface area contributed by atoms with Crippen LogP contribution in [-0.4, -0.2) is 26.4 Å². The summed E-state index contributed by atoms with van der Waals surface area (Å²) in [7, 11) is -5.19. The Morgan fingerprint density at radius 3 is 2.08 bits per heavy atom. The van der Waals surface area contributed by atoms with E-state index in [9.17, 15) is 21.6 Å². The molecule has 0 aromatic rings. The van der Waals surface area contributed by atoms with Crippen molar-refractivity contribution in [1.29, 1.82) is 0 Å². The van der Waals surface area contributed by atoms with Gasteiger partial charge in [0.25, 0.3) is 0 Å². The molecule has 0 spiro atoms. The van der Waals surface area contributed by atoms with Crippen LogP contribution < -0.4 is 34.3 Å². The summed E-state index contributed by atoms with van der Waals surface area (Å²) < 4.78 is 55.9. The SMILES string of the molecule is O=S(=O)(NCCCl)C(F)(F)F.[H-].[Na+]. The van der Waals surface area contributed by atoms with Crippen LogP contribution >= 0.6 is 11.6 Å². The van der Waals surface area contributed by atoms with Crippen molar-refractivity contribution in [2.75, 3.05) is 12.4 Å². The van der Waals surface area contributed by atoms with E-state index in [1.807, 2.05) is 0 Å². The summed E-state index contributed by atoms with van der Waals surface area (Å²) in [5.74, 6) is -0.199. The van der Waals surface area contributed by atoms with Gasteiger partial charge in [-0.05, 0) is 0 Å². The van der Waals surface area contributed by atoms with Crippen molar-refractivity contribution in [2.24, 2.45) is 0 Å². The second-order valence-electron chi connectivity index (χ2n) is 1.53. The van der Waals surface area contributed by atoms with E-state index < -0.39 is 22.1 Å². The van der Waals surface area contributed by atoms with Gasteiger partial charge in [-0.1, -0.05) is 0 Å². The quantitative estimate of drug-likeness (QED) is 0.445. The van der Waals surface area contributed by atoms with Crippen LogP contribution in [0.15, 0.2) is 0 Å². The summed E-state index contributed by atoms with van der Waals surface area (Å²) in [5.41, 5.74) is -5.25. The van der Waals surface area contributed by atoms with E-state index in [0.29, 0.717) is 0 Å². The first-order valence-corrected chi connectivity index (χ1v) is 4.45. The molecule has 0 aliphatic heterocycles. The van der Waals surface area contributed by atoms with Gasteiger partial charge in [-0.25, -0.2) is 13.1 Å². The molecule has 3 nitrogen and oxygen atoms in total. The first-order chi connectivity index (χ1) is 4.81. The van der Waals surface area contributed by atoms with Gasteiger partial charge in [-0.15, -0.1) is 11.6 Å². The summed E-state index contributed by atoms with van der Waals surface area (Å²) in [6.07, 6.45) is 0. The Balaban J connectivity index is -0.000000500. The maximum absolute atomic E-state index is 11.5. The number of alkyl halides is 4. The number of hydrogen-bond acceptors (Lipinski definition) is 2. The molecule has 0 radical (unpaired) electrons. The maximum Gasteiger partial charge on any atom is 1.00 e. The third-order valence-electron chi connectivity index (χ3n) is 0.691. The third-order valence-corrected chi connectivity index (χ3v) is 2.07. The van der Waals surface area contributed by atoms with Gasteiger partial charge in [-0.3, -0.25) is 0 Å². The topological polar surface area (TPSA) is 46.2 Å². The molecular formula is C3H6ClF3NNaO2S. The van der Waals surface area contributed by atoms with Crippen molar-refractivity contribution < 1.29 is 52.6 Å². The van der Waals surface area contributed by atoms with Crippen molar-refractivity contribution in [1.82, 2.24) is 4.72 Å². The van der Waals surface area contributed by atoms with Crippen molar-refractivity contribution in [3.8, 4) is 0 Å². The number of nitrogens with one attached hydrogen (secondary N) is 1. The van der Waals surface area contributed by atoms with Crippen molar-refractivity contribution in [2.45, 2.75) is 5.51 Å². The summed E-state index contributed by atoms with van der Waals surface area (Å²) in [6, 6.07) is 0. The Labute approximate surface area is 96.5 Å². The minimum Gasteiger partial charge on any atom is -1.00 e. The van der Waals surface area contributed by atoms with Crippen molar-refractivity contribution >= 4 is 21.6 Å². The summed E-state index contributed by atoms with van der Waals surface area (Å²) in [6.45, 7) is -0.427. The van der Waals surface area contributed by atoms with Gasteiger partial charge in [0, 0.05) is 12.4 Å². The molecule has 0 saturated heterocycles. The Kier molecular flexibility index (Phi) is 7.30. The molecule has 0 atom stereocenters. The zero-order valence-electron chi connectivity index (χ0n) is 7.15. The maximum atomic E-state index is 11.5. The summed E-state index contributed by atoms with van der Waals surface area (Å²) in [5, 5.41) is 0. The second-order valence-corrected chi connectivity index (χ2v) is 3.67. The van der Waals surface area contributed by atoms with Crippen LogP contribution in [0.1, 0.15) is 1.43 Å². The van der Waals surface area contributed by atoms with E-state index in [4.69, 9.17) is 11.6 Å². The molecule has 70 valence electrons. The first kappa shape index (κ1) is 15.5. The monoisotopic (exact) mass is 235 g/mol. The van der Waals surface area contributed by atoms with E-state index >= 15 is 0 Å². The predicted octanol–water partition coefficient (Wildman–Crippen LogP) is -2.22. The molecule has 0 aromatic carbocycles. The van der Waals surface area contributed by atoms with Gasteiger partial charge in [0.1, 0.15) is 0 Å². The average molecular weight is 236 g/mol. The number of halogens is 4. The average Bonchev–Trinajstić information content (AvgIpc) is 1.81. The van der Waals surface area contributed by atoms with Crippen LogP contribution in [0.25, 0.3) is 0 Å². The smallest absolute Gasteiger partial charge is 1.00 e. The number of sulfonamides is 1. The molecule has 0 saturated carbocycles. The fourth-order valence-corrected chi connectivity index (χ4v) is 0.996. The number of rotatable bonds is 3. The third kappa shape index (κ3) is 4.88. The Bertz CT molecular complexity index is 221. The van der Waals surface area contributed by atoms with Crippen LogP contribution in [0.4, 0.5) is 13.2 Å². The van der Waals surface area contributed by atoms with E-state index in [0.717, 1.165) is 0 Å². The van der Waals surface area contributed by atoms with Crippen LogP contribution in [0.2, 0.25) is 0 Å². The summed E-state index contributed by atoms with van der Waals surface area (Å²) >= 11 is 4.96. The largest absolute Gasteiger partial charge is 1.00 e. The van der Waals surface area contributed by atoms with Crippen molar-refractivity contribution in [3.05, 3.63) is 0 Å². The molecule has 0 aliphatic rings. The van der Waals surface area contributed by atoms with E-state index in [2.05, 4.69) is 0 Å². The molecule has 0 aliphatic carbocycles. The molecule has 12 heavy (non-hydrogen) atoms. The van der Waals surface area contributed by atoms with Crippen LogP contribution in [0, 0.1) is 0 Å². The van der Waals surface area contributed by atoms with Gasteiger partial charge >= 0.3 is 45.1 Å². The van der Waals surface area contributed by atoms with E-state index in [1.54, 1.807) is 0 Å². The van der Waals surface area contributed by atoms with Gasteiger partial charge < -0.3 is 1.43 Å². The molecule has 0 amide bonds. The number of hydrogen-bond donors (Lipinski definition) is 1. The Morgan fingerprint density at radius 2 is 1.83 bits per heavy atom. The molecule has 0 bridgehead atoms. The predicted molar refractivity (Wildman–Crippen MR) is 34.8 cm³/mol. The molecule has 0 fully saturated rings. The van der Waals surface area contributed by atoms with Crippen LogP contribution in [0.5, 0.6) is 0 Å². The minimum absolute atomic E-state index is 0. The van der Waals surface area contributed by atoms with Gasteiger partial charge in [0.15, 0.2) is 0 Å². The molecular weight excluding hydrogens is 230 g/mol. The van der Waals surface area contributed by atoms with Gasteiger partial charge in [-0.2, -0.15) is 13.2 Å². The summed E-state index contributed by atoms with van der Waals surface area (Å²) in [4.78, 5) is 0. The normalized spacial score (nSPS) is 12.3. The fraction of sp³-hybridized carbons (Fsp3) is 1.00. The van der Waals surface area contributed by atoms with Crippen molar-refractivity contribution in [3.63, 3.8) is 0 Å². The second kappa shape index (κ2) is 5.66. The molecule has 9 heteroatoms. The fourth-order valence-electron chi connectivity index (χ4n) is 0.255. The van der Waals surface area contributed by atoms with Gasteiger partial charge in [0.05, 0.1) is 0 Å². The Hall–Kier alpha value is 0.990. The first-order valence-electron chi connectivity index (χ1n) is 2.43. The molecule has 0 heterocycles. The zero-order valence-corrected chi connectivity index (χ0v) is 9.72. The molecule has 0 unspecified atom stereocenters. The Morgan fingerprint density at radius 1 is 1.42 bits per heavy atom. The minimum atomic E-state index is -5.25. The van der Waals surface area contributed by atoms with E-state index in [-0.39, 0.29) is 36.9 Å².